The molecule has 5 heteroatoms. The van der Waals surface area contributed by atoms with Crippen LogP contribution < -0.4 is 10.6 Å². The van der Waals surface area contributed by atoms with Gasteiger partial charge in [0.05, 0.1) is 6.61 Å². The predicted octanol–water partition coefficient (Wildman–Crippen LogP) is 1.48. The van der Waals surface area contributed by atoms with Crippen molar-refractivity contribution in [2.45, 2.75) is 26.2 Å². The Labute approximate surface area is 102 Å². The Morgan fingerprint density at radius 1 is 1.41 bits per heavy atom. The van der Waals surface area contributed by atoms with E-state index < -0.39 is 0 Å². The summed E-state index contributed by atoms with van der Waals surface area (Å²) in [5.41, 5.74) is 0.0992. The highest BCUT2D eigenvalue weighted by Crippen LogP contribution is 2.44. The van der Waals surface area contributed by atoms with E-state index in [1.54, 1.807) is 6.20 Å². The van der Waals surface area contributed by atoms with Crippen molar-refractivity contribution in [2.24, 2.45) is 5.41 Å². The number of aromatic nitrogens is 2. The van der Waals surface area contributed by atoms with Gasteiger partial charge in [0.25, 0.3) is 0 Å². The second-order valence-electron chi connectivity index (χ2n) is 4.70. The molecule has 1 aromatic heterocycles. The number of aliphatic hydroxyl groups excluding tert-OH is 1. The van der Waals surface area contributed by atoms with Crippen LogP contribution in [0.1, 0.15) is 26.2 Å². The Balaban J connectivity index is 1.87. The van der Waals surface area contributed by atoms with Gasteiger partial charge in [-0.3, -0.25) is 0 Å². The molecule has 0 radical (unpaired) electrons. The van der Waals surface area contributed by atoms with Gasteiger partial charge < -0.3 is 15.7 Å². The van der Waals surface area contributed by atoms with Gasteiger partial charge in [0.2, 0.25) is 5.95 Å². The quantitative estimate of drug-likeness (QED) is 0.669. The fraction of sp³-hybridized carbons (Fsp3) is 0.667. The third-order valence-corrected chi connectivity index (χ3v) is 3.13. The molecule has 5 nitrogen and oxygen atoms in total. The van der Waals surface area contributed by atoms with Crippen LogP contribution in [0, 0.1) is 5.41 Å². The zero-order chi connectivity index (χ0) is 12.1. The maximum atomic E-state index is 9.22. The molecular weight excluding hydrogens is 216 g/mol. The average Bonchev–Trinajstić information content (AvgIpc) is 3.15. The molecule has 1 aromatic rings. The maximum absolute atomic E-state index is 9.22. The van der Waals surface area contributed by atoms with E-state index in [-0.39, 0.29) is 12.0 Å². The summed E-state index contributed by atoms with van der Waals surface area (Å²) >= 11 is 0. The Kier molecular flexibility index (Phi) is 3.78. The molecule has 2 rings (SSSR count). The summed E-state index contributed by atoms with van der Waals surface area (Å²) in [6.45, 7) is 4.02. The van der Waals surface area contributed by atoms with Gasteiger partial charge in [0, 0.05) is 24.7 Å². The van der Waals surface area contributed by atoms with Crippen molar-refractivity contribution in [1.29, 1.82) is 0 Å². The van der Waals surface area contributed by atoms with Crippen molar-refractivity contribution in [3.8, 4) is 0 Å². The average molecular weight is 236 g/mol. The topological polar surface area (TPSA) is 70.1 Å². The van der Waals surface area contributed by atoms with E-state index in [1.165, 1.54) is 0 Å². The molecule has 1 heterocycles. The lowest BCUT2D eigenvalue weighted by atomic mass is 10.1. The van der Waals surface area contributed by atoms with Crippen LogP contribution in [0.5, 0.6) is 0 Å². The van der Waals surface area contributed by atoms with Gasteiger partial charge in [-0.2, -0.15) is 4.98 Å². The van der Waals surface area contributed by atoms with Crippen LogP contribution in [-0.2, 0) is 0 Å². The van der Waals surface area contributed by atoms with E-state index in [0.29, 0.717) is 5.95 Å². The van der Waals surface area contributed by atoms with Crippen LogP contribution >= 0.6 is 0 Å². The van der Waals surface area contributed by atoms with E-state index in [4.69, 9.17) is 0 Å². The molecule has 1 aliphatic carbocycles. The van der Waals surface area contributed by atoms with E-state index in [2.05, 4.69) is 27.5 Å². The van der Waals surface area contributed by atoms with Gasteiger partial charge in [0.1, 0.15) is 5.82 Å². The molecule has 94 valence electrons. The van der Waals surface area contributed by atoms with E-state index in [9.17, 15) is 5.11 Å². The van der Waals surface area contributed by atoms with Crippen LogP contribution in [0.25, 0.3) is 0 Å². The minimum absolute atomic E-state index is 0.0992. The summed E-state index contributed by atoms with van der Waals surface area (Å²) in [7, 11) is 0. The molecule has 0 aliphatic heterocycles. The van der Waals surface area contributed by atoms with Crippen LogP contribution in [-0.4, -0.2) is 34.8 Å². The number of hydrogen-bond donors (Lipinski definition) is 3. The molecule has 1 saturated carbocycles. The third kappa shape index (κ3) is 3.30. The molecule has 17 heavy (non-hydrogen) atoms. The molecule has 1 aliphatic rings. The predicted molar refractivity (Wildman–Crippen MR) is 68.1 cm³/mol. The van der Waals surface area contributed by atoms with Crippen LogP contribution in [0.15, 0.2) is 12.3 Å². The Morgan fingerprint density at radius 3 is 2.88 bits per heavy atom. The summed E-state index contributed by atoms with van der Waals surface area (Å²) in [5, 5.41) is 15.6. The van der Waals surface area contributed by atoms with Gasteiger partial charge in [0.15, 0.2) is 0 Å². The minimum Gasteiger partial charge on any atom is -0.396 e. The minimum atomic E-state index is 0.0992. The van der Waals surface area contributed by atoms with Gasteiger partial charge in [-0.1, -0.05) is 6.92 Å². The second-order valence-corrected chi connectivity index (χ2v) is 4.70. The summed E-state index contributed by atoms with van der Waals surface area (Å²) in [5.74, 6) is 1.48. The molecule has 0 saturated heterocycles. The fourth-order valence-corrected chi connectivity index (χ4v) is 1.62. The number of hydrogen-bond acceptors (Lipinski definition) is 5. The molecule has 0 unspecified atom stereocenters. The van der Waals surface area contributed by atoms with Crippen molar-refractivity contribution < 1.29 is 5.11 Å². The Bertz CT molecular complexity index is 365. The van der Waals surface area contributed by atoms with Gasteiger partial charge in [-0.05, 0) is 25.3 Å². The first kappa shape index (κ1) is 12.1. The number of nitrogens with one attached hydrogen (secondary N) is 2. The molecule has 0 amide bonds. The highest BCUT2D eigenvalue weighted by atomic mass is 16.3. The summed E-state index contributed by atoms with van der Waals surface area (Å²) in [6, 6.07) is 1.85. The number of nitrogens with zero attached hydrogens (tertiary/aromatic N) is 2. The van der Waals surface area contributed by atoms with Crippen LogP contribution in [0.2, 0.25) is 0 Å². The maximum Gasteiger partial charge on any atom is 0.224 e. The van der Waals surface area contributed by atoms with E-state index >= 15 is 0 Å². The van der Waals surface area contributed by atoms with Gasteiger partial charge in [-0.15, -0.1) is 0 Å². The number of aliphatic hydroxyl groups is 1. The SMILES string of the molecule is CCCNc1nccc(NCC2(CO)CC2)n1. The lowest BCUT2D eigenvalue weighted by molar-refractivity contribution is 0.219. The monoisotopic (exact) mass is 236 g/mol. The summed E-state index contributed by atoms with van der Waals surface area (Å²) in [4.78, 5) is 8.51. The first-order valence-electron chi connectivity index (χ1n) is 6.20. The van der Waals surface area contributed by atoms with Crippen molar-refractivity contribution in [2.75, 3.05) is 30.3 Å². The van der Waals surface area contributed by atoms with E-state index in [1.807, 2.05) is 6.07 Å². The molecule has 3 N–H and O–H groups in total. The highest BCUT2D eigenvalue weighted by molar-refractivity contribution is 5.39. The van der Waals surface area contributed by atoms with Gasteiger partial charge in [-0.25, -0.2) is 4.98 Å². The zero-order valence-electron chi connectivity index (χ0n) is 10.2. The zero-order valence-corrected chi connectivity index (χ0v) is 10.2. The lowest BCUT2D eigenvalue weighted by Gasteiger charge is -2.13. The van der Waals surface area contributed by atoms with E-state index in [0.717, 1.165) is 38.2 Å². The number of rotatable bonds is 7. The fourth-order valence-electron chi connectivity index (χ4n) is 1.62. The van der Waals surface area contributed by atoms with Crippen molar-refractivity contribution in [1.82, 2.24) is 9.97 Å². The van der Waals surface area contributed by atoms with Crippen molar-refractivity contribution >= 4 is 11.8 Å². The molecular formula is C12H20N4O. The first-order valence-corrected chi connectivity index (χ1v) is 6.20. The molecule has 0 bridgehead atoms. The lowest BCUT2D eigenvalue weighted by Crippen LogP contribution is -2.19. The molecule has 1 fully saturated rings. The van der Waals surface area contributed by atoms with Crippen LogP contribution in [0.4, 0.5) is 11.8 Å². The molecule has 0 spiro atoms. The summed E-state index contributed by atoms with van der Waals surface area (Å²) in [6.07, 6.45) is 4.99. The molecule has 0 aromatic carbocycles. The second kappa shape index (κ2) is 5.31. The third-order valence-electron chi connectivity index (χ3n) is 3.13. The van der Waals surface area contributed by atoms with Crippen molar-refractivity contribution in [3.05, 3.63) is 12.3 Å². The summed E-state index contributed by atoms with van der Waals surface area (Å²) < 4.78 is 0. The Morgan fingerprint density at radius 2 is 2.24 bits per heavy atom. The van der Waals surface area contributed by atoms with Gasteiger partial charge >= 0.3 is 0 Å². The highest BCUT2D eigenvalue weighted by Gasteiger charge is 2.41. The largest absolute Gasteiger partial charge is 0.396 e. The Hall–Kier alpha value is -1.36. The number of anilines is 2. The van der Waals surface area contributed by atoms with Crippen LogP contribution in [0.3, 0.4) is 0 Å². The van der Waals surface area contributed by atoms with Crippen molar-refractivity contribution in [3.63, 3.8) is 0 Å². The molecule has 0 atom stereocenters. The normalized spacial score (nSPS) is 16.6. The first-order chi connectivity index (χ1) is 8.28. The smallest absolute Gasteiger partial charge is 0.224 e. The standard InChI is InChI=1S/C12H20N4O/c1-2-6-13-11-14-7-3-10(16-11)15-8-12(9-17)4-5-12/h3,7,17H,2,4-6,8-9H2,1H3,(H2,13,14,15,16).